The molecule has 0 aliphatic carbocycles. The summed E-state index contributed by atoms with van der Waals surface area (Å²) in [6.45, 7) is 5.98. The van der Waals surface area contributed by atoms with Gasteiger partial charge in [0.05, 0.1) is 0 Å². The fourth-order valence-electron chi connectivity index (χ4n) is 1.33. The molecule has 0 aromatic carbocycles. The fourth-order valence-corrected chi connectivity index (χ4v) is 4.09. The number of ether oxygens (including phenoxy) is 2. The Labute approximate surface area is 100 Å². The van der Waals surface area contributed by atoms with Crippen molar-refractivity contribution in [2.24, 2.45) is 0 Å². The summed E-state index contributed by atoms with van der Waals surface area (Å²) in [6, 6.07) is 4.03. The molecule has 4 heteroatoms. The Morgan fingerprint density at radius 1 is 1.53 bits per heavy atom. The molecule has 2 heterocycles. The zero-order valence-corrected chi connectivity index (χ0v) is 11.9. The standard InChI is InChI=1S/C8H8NO2.C3H7.Sn/c1-3-9-4-2-7(1)11-8-5-10-6-8;1-3-2;/h1-3,8H,5-6H2;3H,1-2H3;. The van der Waals surface area contributed by atoms with Gasteiger partial charge in [0.15, 0.2) is 0 Å². The molecule has 0 amide bonds. The van der Waals surface area contributed by atoms with Crippen LogP contribution in [-0.2, 0) is 4.74 Å². The number of pyridine rings is 1. The third kappa shape index (κ3) is 3.34. The van der Waals surface area contributed by atoms with E-state index in [1.54, 1.807) is 0 Å². The second-order valence-electron chi connectivity index (χ2n) is 3.95. The van der Waals surface area contributed by atoms with Gasteiger partial charge >= 0.3 is 100 Å². The van der Waals surface area contributed by atoms with Crippen molar-refractivity contribution in [3.05, 3.63) is 18.3 Å². The van der Waals surface area contributed by atoms with Gasteiger partial charge in [-0.15, -0.1) is 0 Å². The van der Waals surface area contributed by atoms with Crippen LogP contribution in [0.15, 0.2) is 18.3 Å². The molecule has 3 nitrogen and oxygen atoms in total. The van der Waals surface area contributed by atoms with Crippen molar-refractivity contribution in [2.75, 3.05) is 13.2 Å². The third-order valence-corrected chi connectivity index (χ3v) is 5.35. The van der Waals surface area contributed by atoms with Gasteiger partial charge in [0.2, 0.25) is 0 Å². The van der Waals surface area contributed by atoms with Crippen LogP contribution in [0.5, 0.6) is 5.75 Å². The van der Waals surface area contributed by atoms with E-state index in [-0.39, 0.29) is 6.10 Å². The number of nitrogens with zero attached hydrogens (tertiary/aromatic N) is 1. The molecular formula is C11H15NO2Sn. The Hall–Kier alpha value is -0.291. The molecule has 1 aliphatic rings. The molecule has 0 saturated carbocycles. The predicted octanol–water partition coefficient (Wildman–Crippen LogP) is 1.02. The van der Waals surface area contributed by atoms with Gasteiger partial charge in [0.1, 0.15) is 0 Å². The summed E-state index contributed by atoms with van der Waals surface area (Å²) >= 11 is -0.521. The molecule has 2 rings (SSSR count). The second kappa shape index (κ2) is 5.16. The van der Waals surface area contributed by atoms with Crippen LogP contribution in [0.2, 0.25) is 3.93 Å². The van der Waals surface area contributed by atoms with Gasteiger partial charge in [-0.1, -0.05) is 0 Å². The Morgan fingerprint density at radius 2 is 2.33 bits per heavy atom. The fraction of sp³-hybridized carbons (Fsp3) is 0.545. The van der Waals surface area contributed by atoms with E-state index >= 15 is 0 Å². The maximum absolute atomic E-state index is 5.73. The number of hydrogen-bond acceptors (Lipinski definition) is 3. The Morgan fingerprint density at radius 3 is 2.93 bits per heavy atom. The first-order chi connectivity index (χ1) is 7.24. The monoisotopic (exact) mass is 313 g/mol. The summed E-state index contributed by atoms with van der Waals surface area (Å²) in [5, 5.41) is 0. The molecule has 0 spiro atoms. The number of hydrogen-bond donors (Lipinski definition) is 0. The zero-order chi connectivity index (χ0) is 10.7. The van der Waals surface area contributed by atoms with Gasteiger partial charge in [-0.3, -0.25) is 0 Å². The third-order valence-electron chi connectivity index (χ3n) is 2.08. The Kier molecular flexibility index (Phi) is 3.86. The van der Waals surface area contributed by atoms with Crippen LogP contribution < -0.4 is 8.45 Å². The minimum absolute atomic E-state index is 0.254. The number of aromatic nitrogens is 1. The number of rotatable bonds is 4. The first-order valence-electron chi connectivity index (χ1n) is 5.21. The molecule has 15 heavy (non-hydrogen) atoms. The van der Waals surface area contributed by atoms with E-state index in [0.717, 1.165) is 22.9 Å². The van der Waals surface area contributed by atoms with Gasteiger partial charge in [-0.2, -0.15) is 0 Å². The summed E-state index contributed by atoms with van der Waals surface area (Å²) < 4.78 is 12.9. The van der Waals surface area contributed by atoms with Gasteiger partial charge in [0.25, 0.3) is 0 Å². The van der Waals surface area contributed by atoms with E-state index in [1.165, 1.54) is 3.71 Å². The van der Waals surface area contributed by atoms with E-state index < -0.39 is 21.1 Å². The van der Waals surface area contributed by atoms with Crippen LogP contribution in [-0.4, -0.2) is 45.4 Å². The van der Waals surface area contributed by atoms with E-state index in [0.29, 0.717) is 0 Å². The summed E-state index contributed by atoms with van der Waals surface area (Å²) in [5.74, 6) is 0.954. The van der Waals surface area contributed by atoms with Crippen LogP contribution in [0, 0.1) is 0 Å². The molecule has 0 N–H and O–H groups in total. The van der Waals surface area contributed by atoms with E-state index in [4.69, 9.17) is 9.47 Å². The van der Waals surface area contributed by atoms with E-state index in [2.05, 4.69) is 24.9 Å². The summed E-state index contributed by atoms with van der Waals surface area (Å²) in [7, 11) is 0. The summed E-state index contributed by atoms with van der Waals surface area (Å²) in [6.07, 6.45) is 2.11. The van der Waals surface area contributed by atoms with Gasteiger partial charge in [0, 0.05) is 0 Å². The SMILES string of the molecule is C[CH](C)[Sn][c]1cc(OC2COC2)ccn1. The Balaban J connectivity index is 1.98. The molecule has 80 valence electrons. The zero-order valence-electron chi connectivity index (χ0n) is 9.06. The van der Waals surface area contributed by atoms with E-state index in [9.17, 15) is 0 Å². The minimum atomic E-state index is -0.521. The molecule has 1 aliphatic heterocycles. The average Bonchev–Trinajstić information content (AvgIpc) is 2.11. The van der Waals surface area contributed by atoms with Crippen LogP contribution in [0.1, 0.15) is 13.8 Å². The predicted molar refractivity (Wildman–Crippen MR) is 60.0 cm³/mol. The molecule has 1 aromatic heterocycles. The van der Waals surface area contributed by atoms with Crippen molar-refractivity contribution >= 4 is 24.9 Å². The van der Waals surface area contributed by atoms with Gasteiger partial charge in [-0.05, 0) is 0 Å². The molecule has 0 atom stereocenters. The molecule has 1 aromatic rings. The quantitative estimate of drug-likeness (QED) is 0.778. The van der Waals surface area contributed by atoms with Crippen molar-refractivity contribution in [3.63, 3.8) is 0 Å². The molecule has 0 bridgehead atoms. The van der Waals surface area contributed by atoms with Gasteiger partial charge < -0.3 is 0 Å². The van der Waals surface area contributed by atoms with Crippen molar-refractivity contribution in [2.45, 2.75) is 23.9 Å². The second-order valence-corrected chi connectivity index (χ2v) is 9.53. The first kappa shape index (κ1) is 11.2. The van der Waals surface area contributed by atoms with E-state index in [1.807, 2.05) is 12.3 Å². The normalized spacial score (nSPS) is 16.5. The van der Waals surface area contributed by atoms with Crippen molar-refractivity contribution in [3.8, 4) is 5.75 Å². The Bertz CT molecular complexity index is 326. The van der Waals surface area contributed by atoms with Crippen LogP contribution in [0.4, 0.5) is 0 Å². The maximum atomic E-state index is 5.73. The first-order valence-corrected chi connectivity index (χ1v) is 8.28. The molecule has 2 radical (unpaired) electrons. The van der Waals surface area contributed by atoms with Crippen LogP contribution in [0.3, 0.4) is 0 Å². The van der Waals surface area contributed by atoms with Crippen LogP contribution in [0.25, 0.3) is 0 Å². The van der Waals surface area contributed by atoms with Crippen molar-refractivity contribution in [1.82, 2.24) is 4.98 Å². The van der Waals surface area contributed by atoms with Gasteiger partial charge in [-0.25, -0.2) is 0 Å². The van der Waals surface area contributed by atoms with Crippen LogP contribution >= 0.6 is 0 Å². The molecule has 1 fully saturated rings. The summed E-state index contributed by atoms with van der Waals surface area (Å²) in [4.78, 5) is 4.39. The van der Waals surface area contributed by atoms with Crippen molar-refractivity contribution in [1.29, 1.82) is 0 Å². The average molecular weight is 312 g/mol. The molecule has 0 unspecified atom stereocenters. The summed E-state index contributed by atoms with van der Waals surface area (Å²) in [5.41, 5.74) is 0. The molecular weight excluding hydrogens is 297 g/mol. The van der Waals surface area contributed by atoms with Crippen molar-refractivity contribution < 1.29 is 9.47 Å². The topological polar surface area (TPSA) is 31.4 Å². The molecule has 1 saturated heterocycles.